The lowest BCUT2D eigenvalue weighted by Crippen LogP contribution is -2.17. The molecule has 0 spiro atoms. The highest BCUT2D eigenvalue weighted by molar-refractivity contribution is 5.71. The molecule has 0 aliphatic rings. The maximum atomic E-state index is 12.0. The Balaban J connectivity index is 2.04. The predicted molar refractivity (Wildman–Crippen MR) is 59.9 cm³/mol. The average Bonchev–Trinajstić information content (AvgIpc) is 2.77. The van der Waals surface area contributed by atoms with Crippen LogP contribution in [0.25, 0.3) is 0 Å². The predicted octanol–water partition coefficient (Wildman–Crippen LogP) is 2.71. The number of aromatic amines is 1. The number of ether oxygens (including phenoxy) is 1. The quantitative estimate of drug-likeness (QED) is 0.869. The van der Waals surface area contributed by atoms with Gasteiger partial charge in [-0.15, -0.1) is 13.2 Å². The standard InChI is InChI=1S/C12H9F3N2O2/c13-12(14,15)19-10-3-1-8(2-4-10)5-11-16-6-9(7-18)17-11/h1-4,6-7H,5H2,(H,16,17). The average molecular weight is 270 g/mol. The molecule has 2 rings (SSSR count). The van der Waals surface area contributed by atoms with Gasteiger partial charge in [-0.05, 0) is 17.7 Å². The van der Waals surface area contributed by atoms with E-state index in [-0.39, 0.29) is 5.75 Å². The second-order valence-corrected chi connectivity index (χ2v) is 3.77. The molecule has 0 aliphatic carbocycles. The van der Waals surface area contributed by atoms with Gasteiger partial charge in [0.2, 0.25) is 0 Å². The SMILES string of the molecule is O=Cc1cnc(Cc2ccc(OC(F)(F)F)cc2)[nH]1. The summed E-state index contributed by atoms with van der Waals surface area (Å²) in [5.41, 5.74) is 1.10. The number of rotatable bonds is 4. The summed E-state index contributed by atoms with van der Waals surface area (Å²) in [7, 11) is 0. The number of imidazole rings is 1. The second-order valence-electron chi connectivity index (χ2n) is 3.77. The minimum atomic E-state index is -4.69. The van der Waals surface area contributed by atoms with Crippen LogP contribution in [-0.2, 0) is 6.42 Å². The molecule has 0 saturated carbocycles. The molecule has 0 fully saturated rings. The molecule has 1 N–H and O–H groups in total. The van der Waals surface area contributed by atoms with E-state index in [0.29, 0.717) is 24.2 Å². The molecule has 4 nitrogen and oxygen atoms in total. The molecule has 0 aliphatic heterocycles. The Morgan fingerprint density at radius 3 is 2.47 bits per heavy atom. The summed E-state index contributed by atoms with van der Waals surface area (Å²) in [6.45, 7) is 0. The van der Waals surface area contributed by atoms with E-state index >= 15 is 0 Å². The van der Waals surface area contributed by atoms with Crippen LogP contribution in [0.3, 0.4) is 0 Å². The van der Waals surface area contributed by atoms with Crippen LogP contribution >= 0.6 is 0 Å². The summed E-state index contributed by atoms with van der Waals surface area (Å²) in [5.74, 6) is 0.288. The van der Waals surface area contributed by atoms with E-state index < -0.39 is 6.36 Å². The van der Waals surface area contributed by atoms with Crippen LogP contribution < -0.4 is 4.74 Å². The van der Waals surface area contributed by atoms with Crippen LogP contribution in [0.5, 0.6) is 5.75 Å². The fraction of sp³-hybridized carbons (Fsp3) is 0.167. The van der Waals surface area contributed by atoms with Crippen molar-refractivity contribution in [3.63, 3.8) is 0 Å². The summed E-state index contributed by atoms with van der Waals surface area (Å²) >= 11 is 0. The number of carbonyl (C=O) groups excluding carboxylic acids is 1. The number of benzene rings is 1. The van der Waals surface area contributed by atoms with Gasteiger partial charge in [0.25, 0.3) is 0 Å². The van der Waals surface area contributed by atoms with Gasteiger partial charge < -0.3 is 9.72 Å². The number of aldehydes is 1. The topological polar surface area (TPSA) is 55.0 Å². The number of nitrogens with zero attached hydrogens (tertiary/aromatic N) is 1. The van der Waals surface area contributed by atoms with Crippen molar-refractivity contribution in [2.75, 3.05) is 0 Å². The lowest BCUT2D eigenvalue weighted by Gasteiger charge is -2.08. The molecule has 0 atom stereocenters. The summed E-state index contributed by atoms with van der Waals surface area (Å²) in [5, 5.41) is 0. The van der Waals surface area contributed by atoms with Gasteiger partial charge in [-0.3, -0.25) is 4.79 Å². The zero-order chi connectivity index (χ0) is 13.9. The minimum absolute atomic E-state index is 0.274. The zero-order valence-electron chi connectivity index (χ0n) is 9.57. The molecule has 2 aromatic rings. The third-order valence-corrected chi connectivity index (χ3v) is 2.30. The highest BCUT2D eigenvalue weighted by Gasteiger charge is 2.30. The van der Waals surface area contributed by atoms with Crippen LogP contribution in [-0.4, -0.2) is 22.6 Å². The van der Waals surface area contributed by atoms with Crippen molar-refractivity contribution in [1.29, 1.82) is 0 Å². The van der Waals surface area contributed by atoms with Crippen molar-refractivity contribution in [3.8, 4) is 5.75 Å². The van der Waals surface area contributed by atoms with E-state index in [1.807, 2.05) is 0 Å². The first kappa shape index (κ1) is 13.1. The number of aromatic nitrogens is 2. The first-order valence-corrected chi connectivity index (χ1v) is 5.30. The molecule has 7 heteroatoms. The minimum Gasteiger partial charge on any atom is -0.406 e. The van der Waals surface area contributed by atoms with Gasteiger partial charge in [0, 0.05) is 6.42 Å². The molecule has 1 heterocycles. The molecule has 1 aromatic carbocycles. The normalized spacial score (nSPS) is 11.3. The van der Waals surface area contributed by atoms with Crippen LogP contribution in [0.4, 0.5) is 13.2 Å². The summed E-state index contributed by atoms with van der Waals surface area (Å²) < 4.78 is 39.6. The maximum absolute atomic E-state index is 12.0. The number of halogens is 3. The fourth-order valence-electron chi connectivity index (χ4n) is 1.53. The van der Waals surface area contributed by atoms with Crippen LogP contribution in [0, 0.1) is 0 Å². The van der Waals surface area contributed by atoms with Gasteiger partial charge in [-0.1, -0.05) is 12.1 Å². The van der Waals surface area contributed by atoms with E-state index in [4.69, 9.17) is 0 Å². The fourth-order valence-corrected chi connectivity index (χ4v) is 1.53. The summed E-state index contributed by atoms with van der Waals surface area (Å²) in [6.07, 6.45) is -2.28. The van der Waals surface area contributed by atoms with Crippen molar-refractivity contribution >= 4 is 6.29 Å². The number of hydrogen-bond acceptors (Lipinski definition) is 3. The van der Waals surface area contributed by atoms with Gasteiger partial charge in [-0.25, -0.2) is 4.98 Å². The van der Waals surface area contributed by atoms with Crippen molar-refractivity contribution in [2.45, 2.75) is 12.8 Å². The van der Waals surface area contributed by atoms with Crippen LogP contribution in [0.15, 0.2) is 30.5 Å². The highest BCUT2D eigenvalue weighted by atomic mass is 19.4. The summed E-state index contributed by atoms with van der Waals surface area (Å²) in [6, 6.07) is 5.47. The Labute approximate surface area is 106 Å². The van der Waals surface area contributed by atoms with Gasteiger partial charge in [0.1, 0.15) is 11.6 Å². The smallest absolute Gasteiger partial charge is 0.406 e. The molecule has 0 radical (unpaired) electrons. The maximum Gasteiger partial charge on any atom is 0.573 e. The zero-order valence-corrected chi connectivity index (χ0v) is 9.57. The Kier molecular flexibility index (Phi) is 3.55. The third kappa shape index (κ3) is 3.84. The van der Waals surface area contributed by atoms with Crippen molar-refractivity contribution in [1.82, 2.24) is 9.97 Å². The molecule has 0 amide bonds. The van der Waals surface area contributed by atoms with Crippen molar-refractivity contribution in [2.24, 2.45) is 0 Å². The Bertz CT molecular complexity index is 561. The molecular weight excluding hydrogens is 261 g/mol. The number of hydrogen-bond donors (Lipinski definition) is 1. The Morgan fingerprint density at radius 1 is 1.26 bits per heavy atom. The lowest BCUT2D eigenvalue weighted by molar-refractivity contribution is -0.274. The van der Waals surface area contributed by atoms with Gasteiger partial charge in [-0.2, -0.15) is 0 Å². The van der Waals surface area contributed by atoms with E-state index in [9.17, 15) is 18.0 Å². The molecular formula is C12H9F3N2O2. The van der Waals surface area contributed by atoms with E-state index in [1.54, 1.807) is 0 Å². The first-order chi connectivity index (χ1) is 8.96. The summed E-state index contributed by atoms with van der Waals surface area (Å²) in [4.78, 5) is 17.2. The number of carbonyl (C=O) groups is 1. The molecule has 100 valence electrons. The van der Waals surface area contributed by atoms with E-state index in [1.165, 1.54) is 30.5 Å². The molecule has 0 unspecified atom stereocenters. The number of alkyl halides is 3. The number of H-pyrrole nitrogens is 1. The monoisotopic (exact) mass is 270 g/mol. The van der Waals surface area contributed by atoms with E-state index in [2.05, 4.69) is 14.7 Å². The molecule has 19 heavy (non-hydrogen) atoms. The van der Waals surface area contributed by atoms with Gasteiger partial charge >= 0.3 is 6.36 Å². The van der Waals surface area contributed by atoms with Gasteiger partial charge in [0.15, 0.2) is 6.29 Å². The number of nitrogens with one attached hydrogen (secondary N) is 1. The van der Waals surface area contributed by atoms with Crippen molar-refractivity contribution in [3.05, 3.63) is 47.5 Å². The molecule has 0 saturated heterocycles. The largest absolute Gasteiger partial charge is 0.573 e. The van der Waals surface area contributed by atoms with Crippen molar-refractivity contribution < 1.29 is 22.7 Å². The highest BCUT2D eigenvalue weighted by Crippen LogP contribution is 2.23. The Morgan fingerprint density at radius 2 is 1.95 bits per heavy atom. The third-order valence-electron chi connectivity index (χ3n) is 2.30. The lowest BCUT2D eigenvalue weighted by atomic mass is 10.1. The van der Waals surface area contributed by atoms with Gasteiger partial charge in [0.05, 0.1) is 11.9 Å². The second kappa shape index (κ2) is 5.13. The van der Waals surface area contributed by atoms with Crippen LogP contribution in [0.2, 0.25) is 0 Å². The van der Waals surface area contributed by atoms with E-state index in [0.717, 1.165) is 5.56 Å². The molecule has 1 aromatic heterocycles. The van der Waals surface area contributed by atoms with Crippen LogP contribution in [0.1, 0.15) is 21.9 Å². The molecule has 0 bridgehead atoms. The Hall–Kier alpha value is -2.31. The first-order valence-electron chi connectivity index (χ1n) is 5.30.